The van der Waals surface area contributed by atoms with Crippen LogP contribution in [0.5, 0.6) is 11.5 Å². The van der Waals surface area contributed by atoms with Gasteiger partial charge in [-0.3, -0.25) is 14.6 Å². The van der Waals surface area contributed by atoms with Crippen molar-refractivity contribution in [3.8, 4) is 11.5 Å². The first-order valence-corrected chi connectivity index (χ1v) is 12.1. The fourth-order valence-electron chi connectivity index (χ4n) is 5.87. The van der Waals surface area contributed by atoms with Crippen LogP contribution in [-0.2, 0) is 11.7 Å². The molecule has 3 aromatic carbocycles. The summed E-state index contributed by atoms with van der Waals surface area (Å²) in [4.78, 5) is 27.6. The molecule has 2 aliphatic rings. The lowest BCUT2D eigenvalue weighted by atomic mass is 9.87. The molecule has 0 saturated carbocycles. The highest BCUT2D eigenvalue weighted by Crippen LogP contribution is 2.53. The van der Waals surface area contributed by atoms with Crippen LogP contribution in [0.25, 0.3) is 0 Å². The van der Waals surface area contributed by atoms with E-state index in [1.807, 2.05) is 11.0 Å². The van der Waals surface area contributed by atoms with Gasteiger partial charge < -0.3 is 15.6 Å². The van der Waals surface area contributed by atoms with Crippen LogP contribution in [0.3, 0.4) is 0 Å². The summed E-state index contributed by atoms with van der Waals surface area (Å²) < 4.78 is 47.5. The molecule has 0 aromatic heterocycles. The van der Waals surface area contributed by atoms with Crippen LogP contribution in [0.4, 0.5) is 18.0 Å². The summed E-state index contributed by atoms with van der Waals surface area (Å²) in [6.07, 6.45) is -5.30. The molecule has 3 atom stereocenters. The van der Waals surface area contributed by atoms with Gasteiger partial charge in [0.1, 0.15) is 11.5 Å². The van der Waals surface area contributed by atoms with Gasteiger partial charge in [0.25, 0.3) is 0 Å². The molecule has 10 heteroatoms. The van der Waals surface area contributed by atoms with Crippen molar-refractivity contribution >= 4 is 12.0 Å². The molecule has 2 amide bonds. The number of primary amides is 1. The average molecular weight is 526 g/mol. The van der Waals surface area contributed by atoms with Gasteiger partial charge in [-0.05, 0) is 49.2 Å². The maximum Gasteiger partial charge on any atom is 0.416 e. The number of para-hydroxylation sites is 1. The lowest BCUT2D eigenvalue weighted by molar-refractivity contribution is -0.138. The van der Waals surface area contributed by atoms with E-state index in [0.717, 1.165) is 6.07 Å². The molecule has 2 bridgehead atoms. The van der Waals surface area contributed by atoms with E-state index in [4.69, 9.17) is 10.5 Å². The third-order valence-electron chi connectivity index (χ3n) is 7.58. The monoisotopic (exact) mass is 525 g/mol. The number of amides is 2. The second-order valence-electron chi connectivity index (χ2n) is 9.71. The summed E-state index contributed by atoms with van der Waals surface area (Å²) in [5.41, 5.74) is 4.54. The smallest absolute Gasteiger partial charge is 0.416 e. The number of carbonyl (C=O) groups excluding carboxylic acids is 1. The van der Waals surface area contributed by atoms with Crippen molar-refractivity contribution in [2.45, 2.75) is 37.1 Å². The highest BCUT2D eigenvalue weighted by molar-refractivity contribution is 5.93. The van der Waals surface area contributed by atoms with E-state index in [0.29, 0.717) is 17.7 Å². The second kappa shape index (κ2) is 9.36. The van der Waals surface area contributed by atoms with Crippen molar-refractivity contribution in [3.05, 3.63) is 95.1 Å². The van der Waals surface area contributed by atoms with E-state index in [9.17, 15) is 27.9 Å². The van der Waals surface area contributed by atoms with Crippen molar-refractivity contribution in [3.63, 3.8) is 0 Å². The summed E-state index contributed by atoms with van der Waals surface area (Å²) in [6, 6.07) is 18.0. The number of fused-ring (bicyclic) bond motifs is 2. The second-order valence-corrected chi connectivity index (χ2v) is 9.71. The molecule has 0 radical (unpaired) electrons. The van der Waals surface area contributed by atoms with Crippen molar-refractivity contribution < 1.29 is 32.6 Å². The first-order chi connectivity index (χ1) is 18.0. The molecule has 2 aliphatic heterocycles. The number of carboxylic acid groups (broad SMARTS) is 1. The van der Waals surface area contributed by atoms with Crippen LogP contribution in [0.15, 0.2) is 72.8 Å². The predicted octanol–water partition coefficient (Wildman–Crippen LogP) is 5.62. The van der Waals surface area contributed by atoms with Gasteiger partial charge in [0, 0.05) is 36.3 Å². The summed E-state index contributed by atoms with van der Waals surface area (Å²) in [6.45, 7) is 1.98. The highest BCUT2D eigenvalue weighted by Gasteiger charge is 2.59. The largest absolute Gasteiger partial charge is 0.465 e. The fraction of sp³-hybridized carbons (Fsp3) is 0.286. The van der Waals surface area contributed by atoms with E-state index in [1.165, 1.54) is 29.2 Å². The zero-order valence-corrected chi connectivity index (χ0v) is 20.5. The molecule has 2 saturated heterocycles. The molecule has 0 spiro atoms. The van der Waals surface area contributed by atoms with Gasteiger partial charge in [-0.25, -0.2) is 4.79 Å². The van der Waals surface area contributed by atoms with Gasteiger partial charge >= 0.3 is 12.3 Å². The zero-order valence-electron chi connectivity index (χ0n) is 20.5. The Morgan fingerprint density at radius 3 is 2.42 bits per heavy atom. The molecule has 5 rings (SSSR count). The Bertz CT molecular complexity index is 1380. The number of likely N-dealkylation sites (tertiary alicyclic amines) is 2. The molecule has 2 fully saturated rings. The number of carbonyl (C=O) groups is 2. The predicted molar refractivity (Wildman–Crippen MR) is 133 cm³/mol. The highest BCUT2D eigenvalue weighted by atomic mass is 19.4. The van der Waals surface area contributed by atoms with Crippen molar-refractivity contribution in [1.29, 1.82) is 0 Å². The third kappa shape index (κ3) is 4.34. The minimum atomic E-state index is -4.52. The van der Waals surface area contributed by atoms with Gasteiger partial charge in [0.05, 0.1) is 11.1 Å². The first-order valence-electron chi connectivity index (χ1n) is 12.1. The Morgan fingerprint density at radius 1 is 1.08 bits per heavy atom. The molecule has 3 aromatic rings. The maximum atomic E-state index is 13.8. The zero-order chi connectivity index (χ0) is 27.2. The Hall–Kier alpha value is -4.05. The van der Waals surface area contributed by atoms with Crippen molar-refractivity contribution in [2.75, 3.05) is 13.1 Å². The number of hydrogen-bond donors (Lipinski definition) is 2. The molecule has 3 N–H and O–H groups in total. The molecule has 2 heterocycles. The molecular weight excluding hydrogens is 499 g/mol. The van der Waals surface area contributed by atoms with Gasteiger partial charge in [0.15, 0.2) is 0 Å². The molecule has 0 aliphatic carbocycles. The maximum absolute atomic E-state index is 13.8. The van der Waals surface area contributed by atoms with E-state index in [2.05, 4.69) is 0 Å². The summed E-state index contributed by atoms with van der Waals surface area (Å²) in [5, 5.41) is 10.1. The Kier molecular flexibility index (Phi) is 6.30. The number of alkyl halides is 3. The lowest BCUT2D eigenvalue weighted by Crippen LogP contribution is -2.54. The van der Waals surface area contributed by atoms with Crippen molar-refractivity contribution in [2.24, 2.45) is 5.73 Å². The number of benzene rings is 3. The lowest BCUT2D eigenvalue weighted by Gasteiger charge is -2.43. The summed E-state index contributed by atoms with van der Waals surface area (Å²) in [5.74, 6) is 0.0758. The van der Waals surface area contributed by atoms with Gasteiger partial charge in [-0.15, -0.1) is 0 Å². The van der Waals surface area contributed by atoms with E-state index < -0.39 is 35.3 Å². The molecule has 7 nitrogen and oxygen atoms in total. The van der Waals surface area contributed by atoms with Crippen LogP contribution >= 0.6 is 0 Å². The molecule has 3 unspecified atom stereocenters. The minimum Gasteiger partial charge on any atom is -0.465 e. The number of nitrogens with zero attached hydrogens (tertiary/aromatic N) is 2. The van der Waals surface area contributed by atoms with Gasteiger partial charge in [0.2, 0.25) is 5.91 Å². The van der Waals surface area contributed by atoms with Crippen LogP contribution in [-0.4, -0.2) is 46.0 Å². The van der Waals surface area contributed by atoms with Gasteiger partial charge in [-0.1, -0.05) is 42.5 Å². The first kappa shape index (κ1) is 25.6. The van der Waals surface area contributed by atoms with E-state index in [1.54, 1.807) is 43.3 Å². The number of hydrogen-bond acceptors (Lipinski definition) is 4. The Labute approximate surface area is 217 Å². The number of piperazine rings is 1. The summed E-state index contributed by atoms with van der Waals surface area (Å²) in [7, 11) is 0. The normalized spacial score (nSPS) is 21.9. The molecule has 198 valence electrons. The number of halogens is 3. The van der Waals surface area contributed by atoms with E-state index in [-0.39, 0.29) is 36.0 Å². The number of nitrogens with two attached hydrogens (primary N) is 1. The van der Waals surface area contributed by atoms with Crippen LogP contribution in [0.1, 0.15) is 46.4 Å². The number of ether oxygens (including phenoxy) is 1. The topological polar surface area (TPSA) is 96.1 Å². The van der Waals surface area contributed by atoms with Crippen LogP contribution < -0.4 is 10.5 Å². The quantitative estimate of drug-likeness (QED) is 0.436. The van der Waals surface area contributed by atoms with Gasteiger partial charge in [-0.2, -0.15) is 13.2 Å². The summed E-state index contributed by atoms with van der Waals surface area (Å²) >= 11 is 0. The Morgan fingerprint density at radius 2 is 1.76 bits per heavy atom. The van der Waals surface area contributed by atoms with Crippen molar-refractivity contribution in [1.82, 2.24) is 9.80 Å². The average Bonchev–Trinajstić information content (AvgIpc) is 3.46. The number of rotatable bonds is 6. The SMILES string of the molecule is CC(c1ccccc1C(F)(F)F)N1CC2(c3ccc(C(N)=O)cc3Oc3ccccc3)CC1CN2C(=O)O. The third-order valence-corrected chi connectivity index (χ3v) is 7.58. The van der Waals surface area contributed by atoms with E-state index >= 15 is 0 Å². The molecule has 38 heavy (non-hydrogen) atoms. The Balaban J connectivity index is 1.59. The van der Waals surface area contributed by atoms with Crippen LogP contribution in [0, 0.1) is 0 Å². The fourth-order valence-corrected chi connectivity index (χ4v) is 5.87. The molecular formula is C28H26F3N3O4. The standard InChI is InChI=1S/C28H26F3N3O4/c1-17(21-9-5-6-10-22(21)28(29,30)31)33-16-27(14-19(33)15-34(27)26(36)37)23-12-11-18(25(32)35)13-24(23)38-20-7-3-2-4-8-20/h2-13,17,19H,14-16H2,1H3,(H2,32,35)(H,36,37). The van der Waals surface area contributed by atoms with Crippen LogP contribution in [0.2, 0.25) is 0 Å². The minimum absolute atomic E-state index is 0.121.